The molecule has 0 aliphatic heterocycles. The van der Waals surface area contributed by atoms with Crippen LogP contribution >= 0.6 is 11.6 Å². The van der Waals surface area contributed by atoms with Crippen LogP contribution in [-0.4, -0.2) is 16.6 Å². The standard InChI is InChI=1S/C23H17ClF3N3O/c1-14-15(8-10-20(28)16-5-2-6-17(12-16)23(25,26)27)4-3-7-19(14)22(31)30-18-9-11-21(24)29-13-18/h2-13,28H,1H3,(H,30,31)/b10-8-,28-20?. The lowest BCUT2D eigenvalue weighted by molar-refractivity contribution is -0.137. The molecule has 0 saturated carbocycles. The highest BCUT2D eigenvalue weighted by Crippen LogP contribution is 2.29. The van der Waals surface area contributed by atoms with Gasteiger partial charge >= 0.3 is 6.18 Å². The van der Waals surface area contributed by atoms with Gasteiger partial charge in [-0.25, -0.2) is 4.98 Å². The van der Waals surface area contributed by atoms with Gasteiger partial charge in [0.15, 0.2) is 0 Å². The zero-order valence-corrected chi connectivity index (χ0v) is 17.1. The van der Waals surface area contributed by atoms with Gasteiger partial charge in [-0.3, -0.25) is 4.79 Å². The topological polar surface area (TPSA) is 65.8 Å². The van der Waals surface area contributed by atoms with Crippen molar-refractivity contribution in [2.45, 2.75) is 13.1 Å². The van der Waals surface area contributed by atoms with Gasteiger partial charge in [-0.1, -0.05) is 41.9 Å². The number of hydrogen-bond donors (Lipinski definition) is 2. The number of nitrogens with zero attached hydrogens (tertiary/aromatic N) is 1. The number of allylic oxidation sites excluding steroid dienone is 1. The highest BCUT2D eigenvalue weighted by atomic mass is 35.5. The van der Waals surface area contributed by atoms with Gasteiger partial charge in [0.1, 0.15) is 5.15 Å². The second kappa shape index (κ2) is 9.14. The Morgan fingerprint density at radius 3 is 2.55 bits per heavy atom. The maximum absolute atomic E-state index is 12.9. The maximum atomic E-state index is 12.9. The predicted octanol–water partition coefficient (Wildman–Crippen LogP) is 6.40. The molecule has 3 rings (SSSR count). The number of carbonyl (C=O) groups excluding carboxylic acids is 1. The summed E-state index contributed by atoms with van der Waals surface area (Å²) in [4.78, 5) is 16.5. The van der Waals surface area contributed by atoms with Crippen molar-refractivity contribution in [2.75, 3.05) is 5.32 Å². The molecule has 0 fully saturated rings. The van der Waals surface area contributed by atoms with Crippen molar-refractivity contribution in [2.24, 2.45) is 0 Å². The Morgan fingerprint density at radius 2 is 1.87 bits per heavy atom. The molecule has 0 radical (unpaired) electrons. The molecule has 8 heteroatoms. The molecule has 3 aromatic rings. The lowest BCUT2D eigenvalue weighted by atomic mass is 10.00. The average molecular weight is 444 g/mol. The number of carbonyl (C=O) groups is 1. The predicted molar refractivity (Wildman–Crippen MR) is 116 cm³/mol. The Bertz CT molecular complexity index is 1160. The Morgan fingerprint density at radius 1 is 1.13 bits per heavy atom. The summed E-state index contributed by atoms with van der Waals surface area (Å²) in [6.07, 6.45) is -0.0330. The van der Waals surface area contributed by atoms with Gasteiger partial charge < -0.3 is 10.7 Å². The van der Waals surface area contributed by atoms with Crippen molar-refractivity contribution in [1.29, 1.82) is 5.41 Å². The van der Waals surface area contributed by atoms with E-state index >= 15 is 0 Å². The molecule has 2 aromatic carbocycles. The van der Waals surface area contributed by atoms with E-state index in [1.165, 1.54) is 24.4 Å². The van der Waals surface area contributed by atoms with Gasteiger partial charge in [-0.15, -0.1) is 0 Å². The summed E-state index contributed by atoms with van der Waals surface area (Å²) in [5.74, 6) is -0.343. The van der Waals surface area contributed by atoms with Crippen molar-refractivity contribution < 1.29 is 18.0 Å². The van der Waals surface area contributed by atoms with Gasteiger partial charge in [0.2, 0.25) is 0 Å². The van der Waals surface area contributed by atoms with Crippen LogP contribution in [0.2, 0.25) is 5.15 Å². The second-order valence-corrected chi connectivity index (χ2v) is 7.06. The molecule has 2 N–H and O–H groups in total. The number of pyridine rings is 1. The molecule has 1 amide bonds. The number of halogens is 4. The smallest absolute Gasteiger partial charge is 0.321 e. The van der Waals surface area contributed by atoms with Crippen molar-refractivity contribution in [3.63, 3.8) is 0 Å². The summed E-state index contributed by atoms with van der Waals surface area (Å²) < 4.78 is 38.7. The number of rotatable bonds is 5. The summed E-state index contributed by atoms with van der Waals surface area (Å²) in [6, 6.07) is 12.9. The highest BCUT2D eigenvalue weighted by Gasteiger charge is 2.30. The first-order chi connectivity index (χ1) is 14.6. The molecular weight excluding hydrogens is 427 g/mol. The van der Waals surface area contributed by atoms with Gasteiger partial charge in [0.25, 0.3) is 5.91 Å². The first kappa shape index (κ1) is 22.2. The van der Waals surface area contributed by atoms with E-state index in [0.29, 0.717) is 27.5 Å². The van der Waals surface area contributed by atoms with Crippen LogP contribution in [0.15, 0.2) is 66.9 Å². The van der Waals surface area contributed by atoms with E-state index in [2.05, 4.69) is 10.3 Å². The maximum Gasteiger partial charge on any atom is 0.416 e. The molecule has 158 valence electrons. The molecule has 0 aliphatic carbocycles. The van der Waals surface area contributed by atoms with Crippen LogP contribution in [0.3, 0.4) is 0 Å². The van der Waals surface area contributed by atoms with Crippen LogP contribution < -0.4 is 5.32 Å². The van der Waals surface area contributed by atoms with E-state index < -0.39 is 11.7 Å². The third-order valence-corrected chi connectivity index (χ3v) is 4.76. The molecule has 1 heterocycles. The third-order valence-electron chi connectivity index (χ3n) is 4.54. The van der Waals surface area contributed by atoms with Gasteiger partial charge in [-0.2, -0.15) is 13.2 Å². The quantitative estimate of drug-likeness (QED) is 0.354. The second-order valence-electron chi connectivity index (χ2n) is 6.67. The van der Waals surface area contributed by atoms with Crippen LogP contribution in [0.1, 0.15) is 32.6 Å². The third kappa shape index (κ3) is 5.58. The highest BCUT2D eigenvalue weighted by molar-refractivity contribution is 6.29. The fourth-order valence-electron chi connectivity index (χ4n) is 2.86. The molecule has 0 spiro atoms. The molecule has 0 atom stereocenters. The van der Waals surface area contributed by atoms with Crippen molar-refractivity contribution >= 4 is 35.0 Å². The van der Waals surface area contributed by atoms with E-state index in [4.69, 9.17) is 17.0 Å². The van der Waals surface area contributed by atoms with E-state index in [1.54, 1.807) is 43.3 Å². The van der Waals surface area contributed by atoms with Crippen LogP contribution in [0.4, 0.5) is 18.9 Å². The number of alkyl halides is 3. The minimum atomic E-state index is -4.47. The Kier molecular flexibility index (Phi) is 6.56. The fraction of sp³-hybridized carbons (Fsp3) is 0.0870. The van der Waals surface area contributed by atoms with Gasteiger partial charge in [0, 0.05) is 5.56 Å². The fourth-order valence-corrected chi connectivity index (χ4v) is 2.97. The van der Waals surface area contributed by atoms with E-state index in [9.17, 15) is 18.0 Å². The first-order valence-electron chi connectivity index (χ1n) is 9.12. The molecule has 0 unspecified atom stereocenters. The number of benzene rings is 2. The molecule has 0 saturated heterocycles. The zero-order valence-electron chi connectivity index (χ0n) is 16.3. The first-order valence-corrected chi connectivity index (χ1v) is 9.50. The molecule has 1 aromatic heterocycles. The zero-order chi connectivity index (χ0) is 22.6. The van der Waals surface area contributed by atoms with E-state index in [1.807, 2.05) is 0 Å². The summed E-state index contributed by atoms with van der Waals surface area (Å²) in [7, 11) is 0. The summed E-state index contributed by atoms with van der Waals surface area (Å²) in [5.41, 5.74) is 1.49. The minimum absolute atomic E-state index is 0.0763. The number of aromatic nitrogens is 1. The van der Waals surface area contributed by atoms with Crippen molar-refractivity contribution in [1.82, 2.24) is 4.98 Å². The van der Waals surface area contributed by atoms with E-state index in [0.717, 1.165) is 12.1 Å². The van der Waals surface area contributed by atoms with Crippen LogP contribution in [0.5, 0.6) is 0 Å². The Balaban J connectivity index is 1.79. The number of amides is 1. The molecule has 31 heavy (non-hydrogen) atoms. The monoisotopic (exact) mass is 443 g/mol. The number of anilines is 1. The van der Waals surface area contributed by atoms with Gasteiger partial charge in [-0.05, 0) is 60.0 Å². The van der Waals surface area contributed by atoms with Crippen molar-refractivity contribution in [3.05, 3.63) is 99.8 Å². The van der Waals surface area contributed by atoms with Gasteiger partial charge in [0.05, 0.1) is 23.2 Å². The Hall–Kier alpha value is -3.45. The number of nitrogens with one attached hydrogen (secondary N) is 2. The normalized spacial score (nSPS) is 11.5. The average Bonchev–Trinajstić information content (AvgIpc) is 2.74. The minimum Gasteiger partial charge on any atom is -0.321 e. The molecule has 0 aliphatic rings. The van der Waals surface area contributed by atoms with Crippen LogP contribution in [-0.2, 0) is 6.18 Å². The summed E-state index contributed by atoms with van der Waals surface area (Å²) in [6.45, 7) is 1.75. The largest absolute Gasteiger partial charge is 0.416 e. The number of hydrogen-bond acceptors (Lipinski definition) is 3. The van der Waals surface area contributed by atoms with E-state index in [-0.39, 0.29) is 17.2 Å². The van der Waals surface area contributed by atoms with Crippen LogP contribution in [0.25, 0.3) is 6.08 Å². The van der Waals surface area contributed by atoms with Crippen molar-refractivity contribution in [3.8, 4) is 0 Å². The lowest BCUT2D eigenvalue weighted by Gasteiger charge is -2.10. The SMILES string of the molecule is Cc1c(/C=C\C(=N)c2cccc(C(F)(F)F)c2)cccc1C(=O)Nc1ccc(Cl)nc1. The lowest BCUT2D eigenvalue weighted by Crippen LogP contribution is -2.14. The molecular formula is C23H17ClF3N3O. The molecule has 4 nitrogen and oxygen atoms in total. The summed E-state index contributed by atoms with van der Waals surface area (Å²) >= 11 is 5.74. The summed E-state index contributed by atoms with van der Waals surface area (Å²) in [5, 5.41) is 11.1. The molecule has 0 bridgehead atoms. The van der Waals surface area contributed by atoms with Crippen LogP contribution in [0, 0.1) is 12.3 Å². The Labute approximate surface area is 181 Å².